The highest BCUT2D eigenvalue weighted by atomic mass is 32.2. The zero-order valence-corrected chi connectivity index (χ0v) is 25.2. The lowest BCUT2D eigenvalue weighted by molar-refractivity contribution is -0.137. The van der Waals surface area contributed by atoms with Crippen molar-refractivity contribution in [3.05, 3.63) is 81.9 Å². The van der Waals surface area contributed by atoms with Crippen LogP contribution >= 0.6 is 23.1 Å². The van der Waals surface area contributed by atoms with Crippen LogP contribution in [0.4, 0.5) is 18.2 Å². The van der Waals surface area contributed by atoms with E-state index in [9.17, 15) is 27.6 Å². The summed E-state index contributed by atoms with van der Waals surface area (Å²) in [5.74, 6) is -1.24. The van der Waals surface area contributed by atoms with E-state index in [1.807, 2.05) is 35.0 Å². The lowest BCUT2D eigenvalue weighted by Gasteiger charge is -2.12. The number of carbonyl (C=O) groups is 3. The van der Waals surface area contributed by atoms with Gasteiger partial charge >= 0.3 is 12.1 Å². The number of anilines is 1. The maximum atomic E-state index is 13.3. The molecule has 1 unspecified atom stereocenters. The van der Waals surface area contributed by atoms with Gasteiger partial charge in [-0.05, 0) is 62.9 Å². The van der Waals surface area contributed by atoms with Crippen LogP contribution in [0.25, 0.3) is 10.9 Å². The van der Waals surface area contributed by atoms with Crippen molar-refractivity contribution < 1.29 is 32.3 Å². The highest BCUT2D eigenvalue weighted by Gasteiger charge is 2.31. The fourth-order valence-electron chi connectivity index (χ4n) is 5.09. The van der Waals surface area contributed by atoms with Crippen molar-refractivity contribution in [3.8, 4) is 0 Å². The highest BCUT2D eigenvalue weighted by molar-refractivity contribution is 8.00. The summed E-state index contributed by atoms with van der Waals surface area (Å²) in [6, 6.07) is 12.0. The first-order chi connectivity index (χ1) is 20.6. The van der Waals surface area contributed by atoms with Crippen molar-refractivity contribution in [2.75, 3.05) is 18.5 Å². The number of thiophene rings is 1. The number of alkyl halides is 3. The van der Waals surface area contributed by atoms with Crippen LogP contribution in [0.15, 0.2) is 59.6 Å². The van der Waals surface area contributed by atoms with E-state index in [-0.39, 0.29) is 24.6 Å². The van der Waals surface area contributed by atoms with E-state index in [4.69, 9.17) is 4.74 Å². The van der Waals surface area contributed by atoms with Crippen LogP contribution in [0.3, 0.4) is 0 Å². The SMILES string of the molecule is CCOC(=O)c1c(NC(=O)C(C)Sc2cn(CCNC(=O)c3cccc(C(F)(F)F)c3)c3ccccc23)sc2c1CCC2. The summed E-state index contributed by atoms with van der Waals surface area (Å²) in [6.07, 6.45) is 0.0221. The first-order valence-electron chi connectivity index (χ1n) is 13.9. The van der Waals surface area contributed by atoms with Gasteiger partial charge in [0.15, 0.2) is 0 Å². The highest BCUT2D eigenvalue weighted by Crippen LogP contribution is 2.40. The number of hydrogen-bond donors (Lipinski definition) is 2. The van der Waals surface area contributed by atoms with E-state index in [2.05, 4.69) is 10.6 Å². The van der Waals surface area contributed by atoms with Crippen molar-refractivity contribution in [2.45, 2.75) is 56.0 Å². The molecule has 0 spiro atoms. The topological polar surface area (TPSA) is 89.4 Å². The molecule has 0 saturated carbocycles. The molecule has 1 aliphatic rings. The number of fused-ring (bicyclic) bond motifs is 2. The second-order valence-electron chi connectivity index (χ2n) is 10.1. The molecule has 43 heavy (non-hydrogen) atoms. The minimum atomic E-state index is -4.53. The van der Waals surface area contributed by atoms with Crippen LogP contribution in [0.2, 0.25) is 0 Å². The van der Waals surface area contributed by atoms with E-state index in [1.165, 1.54) is 35.2 Å². The summed E-state index contributed by atoms with van der Waals surface area (Å²) < 4.78 is 46.3. The number of nitrogens with zero attached hydrogens (tertiary/aromatic N) is 1. The average molecular weight is 630 g/mol. The van der Waals surface area contributed by atoms with Gasteiger partial charge in [-0.3, -0.25) is 9.59 Å². The molecule has 0 saturated heterocycles. The number of thioether (sulfide) groups is 1. The van der Waals surface area contributed by atoms with Gasteiger partial charge in [-0.1, -0.05) is 24.3 Å². The molecule has 2 amide bonds. The zero-order chi connectivity index (χ0) is 30.7. The minimum absolute atomic E-state index is 0.0645. The van der Waals surface area contributed by atoms with E-state index >= 15 is 0 Å². The van der Waals surface area contributed by atoms with Crippen LogP contribution in [0, 0.1) is 0 Å². The molecule has 0 aliphatic heterocycles. The number of para-hydroxylation sites is 1. The second kappa shape index (κ2) is 12.8. The van der Waals surface area contributed by atoms with E-state index in [0.717, 1.165) is 57.6 Å². The molecule has 2 N–H and O–H groups in total. The Morgan fingerprint density at radius 3 is 2.67 bits per heavy atom. The Morgan fingerprint density at radius 1 is 1.12 bits per heavy atom. The average Bonchev–Trinajstić information content (AvgIpc) is 3.66. The molecule has 0 bridgehead atoms. The van der Waals surface area contributed by atoms with Crippen molar-refractivity contribution in [1.82, 2.24) is 9.88 Å². The van der Waals surface area contributed by atoms with Gasteiger partial charge in [0.1, 0.15) is 5.00 Å². The standard InChI is InChI=1S/C31H30F3N3O4S2/c1-3-41-30(40)26-22-11-7-13-24(22)43-29(26)36-27(38)18(2)42-25-17-37(23-12-5-4-10-21(23)25)15-14-35-28(39)19-8-6-9-20(16-19)31(32,33)34/h4-6,8-10,12,16-18H,3,7,11,13-15H2,1-2H3,(H,35,39)(H,36,38). The molecule has 0 radical (unpaired) electrons. The summed E-state index contributed by atoms with van der Waals surface area (Å²) in [5.41, 5.74) is 1.39. The predicted octanol–water partition coefficient (Wildman–Crippen LogP) is 6.94. The zero-order valence-electron chi connectivity index (χ0n) is 23.5. The van der Waals surface area contributed by atoms with Gasteiger partial charge in [0.25, 0.3) is 5.91 Å². The van der Waals surface area contributed by atoms with Crippen molar-refractivity contribution in [1.29, 1.82) is 0 Å². The number of hydrogen-bond acceptors (Lipinski definition) is 6. The largest absolute Gasteiger partial charge is 0.462 e. The third kappa shape index (κ3) is 6.75. The van der Waals surface area contributed by atoms with Gasteiger partial charge in [0.05, 0.1) is 23.0 Å². The molecule has 2 aromatic heterocycles. The summed E-state index contributed by atoms with van der Waals surface area (Å²) in [5, 5.41) is 6.62. The van der Waals surface area contributed by atoms with E-state index < -0.39 is 28.9 Å². The number of aryl methyl sites for hydroxylation is 1. The molecule has 1 atom stereocenters. The summed E-state index contributed by atoms with van der Waals surface area (Å²) in [4.78, 5) is 40.5. The Bertz CT molecular complexity index is 1680. The van der Waals surface area contributed by atoms with Crippen molar-refractivity contribution >= 4 is 56.8 Å². The first kappa shape index (κ1) is 30.7. The molecular weight excluding hydrogens is 599 g/mol. The summed E-state index contributed by atoms with van der Waals surface area (Å²) in [7, 11) is 0. The van der Waals surface area contributed by atoms with Crippen molar-refractivity contribution in [3.63, 3.8) is 0 Å². The normalized spacial score (nSPS) is 13.5. The van der Waals surface area contributed by atoms with Crippen LogP contribution in [-0.2, 0) is 35.1 Å². The molecule has 1 aliphatic carbocycles. The number of aromatic nitrogens is 1. The monoisotopic (exact) mass is 629 g/mol. The number of rotatable bonds is 10. The Kier molecular flexibility index (Phi) is 9.16. The smallest absolute Gasteiger partial charge is 0.416 e. The van der Waals surface area contributed by atoms with Crippen LogP contribution in [0.1, 0.15) is 57.0 Å². The third-order valence-corrected chi connectivity index (χ3v) is 9.51. The maximum Gasteiger partial charge on any atom is 0.416 e. The number of nitrogens with one attached hydrogen (secondary N) is 2. The number of carbonyl (C=O) groups excluding carboxylic acids is 3. The summed E-state index contributed by atoms with van der Waals surface area (Å²) in [6.45, 7) is 4.36. The van der Waals surface area contributed by atoms with Crippen LogP contribution in [0.5, 0.6) is 0 Å². The van der Waals surface area contributed by atoms with E-state index in [0.29, 0.717) is 17.1 Å². The van der Waals surface area contributed by atoms with Gasteiger partial charge in [-0.15, -0.1) is 23.1 Å². The van der Waals surface area contributed by atoms with Gasteiger partial charge in [-0.25, -0.2) is 4.79 Å². The van der Waals surface area contributed by atoms with Crippen LogP contribution < -0.4 is 10.6 Å². The number of ether oxygens (including phenoxy) is 1. The van der Waals surface area contributed by atoms with Crippen molar-refractivity contribution in [2.24, 2.45) is 0 Å². The summed E-state index contributed by atoms with van der Waals surface area (Å²) >= 11 is 2.82. The number of halogens is 3. The fraction of sp³-hybridized carbons (Fsp3) is 0.323. The molecule has 12 heteroatoms. The molecule has 5 rings (SSSR count). The Hall–Kier alpha value is -3.77. The van der Waals surface area contributed by atoms with Gasteiger partial charge in [0.2, 0.25) is 5.91 Å². The van der Waals surface area contributed by atoms with Gasteiger partial charge in [-0.2, -0.15) is 13.2 Å². The predicted molar refractivity (Wildman–Crippen MR) is 162 cm³/mol. The minimum Gasteiger partial charge on any atom is -0.462 e. The number of amides is 2. The second-order valence-corrected chi connectivity index (χ2v) is 12.6. The lowest BCUT2D eigenvalue weighted by Crippen LogP contribution is -2.27. The molecule has 2 aromatic carbocycles. The number of benzene rings is 2. The molecule has 7 nitrogen and oxygen atoms in total. The Labute approximate surface area is 254 Å². The molecule has 226 valence electrons. The number of esters is 1. The maximum absolute atomic E-state index is 13.3. The molecule has 0 fully saturated rings. The van der Waals surface area contributed by atoms with Crippen LogP contribution in [-0.4, -0.2) is 40.8 Å². The lowest BCUT2D eigenvalue weighted by atomic mass is 10.1. The fourth-order valence-corrected chi connectivity index (χ4v) is 7.40. The third-order valence-electron chi connectivity index (χ3n) is 7.15. The Balaban J connectivity index is 1.26. The quantitative estimate of drug-likeness (QED) is 0.147. The van der Waals surface area contributed by atoms with E-state index in [1.54, 1.807) is 13.8 Å². The molecule has 2 heterocycles. The van der Waals surface area contributed by atoms with Gasteiger partial charge < -0.3 is 19.9 Å². The Morgan fingerprint density at radius 2 is 1.91 bits per heavy atom. The van der Waals surface area contributed by atoms with Gasteiger partial charge in [0, 0.05) is 45.5 Å². The first-order valence-corrected chi connectivity index (χ1v) is 15.6. The molecule has 4 aromatic rings. The molecular formula is C31H30F3N3O4S2.